The SMILES string of the molecule is CC(=O)C(C)S(=O)(=O)c1ccc(Cl)c(C(=O)O)c1. The number of rotatable bonds is 4. The zero-order valence-electron chi connectivity index (χ0n) is 9.68. The Bertz CT molecular complexity index is 606. The van der Waals surface area contributed by atoms with E-state index in [9.17, 15) is 18.0 Å². The van der Waals surface area contributed by atoms with Gasteiger partial charge in [0.25, 0.3) is 0 Å². The number of ketones is 1. The van der Waals surface area contributed by atoms with Crippen LogP contribution in [-0.2, 0) is 14.6 Å². The summed E-state index contributed by atoms with van der Waals surface area (Å²) in [5.41, 5.74) is -0.312. The Morgan fingerprint density at radius 3 is 2.33 bits per heavy atom. The molecule has 1 N–H and O–H groups in total. The van der Waals surface area contributed by atoms with Crippen LogP contribution in [0.1, 0.15) is 24.2 Å². The number of carboxylic acid groups (broad SMARTS) is 1. The summed E-state index contributed by atoms with van der Waals surface area (Å²) in [4.78, 5) is 21.8. The Hall–Kier alpha value is -1.40. The zero-order valence-corrected chi connectivity index (χ0v) is 11.2. The maximum absolute atomic E-state index is 12.0. The van der Waals surface area contributed by atoms with E-state index in [-0.39, 0.29) is 15.5 Å². The van der Waals surface area contributed by atoms with Gasteiger partial charge in [0, 0.05) is 0 Å². The third kappa shape index (κ3) is 2.70. The maximum Gasteiger partial charge on any atom is 0.337 e. The molecule has 98 valence electrons. The highest BCUT2D eigenvalue weighted by molar-refractivity contribution is 7.92. The zero-order chi connectivity index (χ0) is 14.1. The van der Waals surface area contributed by atoms with Crippen LogP contribution in [0.15, 0.2) is 23.1 Å². The highest BCUT2D eigenvalue weighted by Gasteiger charge is 2.28. The Kier molecular flexibility index (Phi) is 4.13. The van der Waals surface area contributed by atoms with Crippen LogP contribution >= 0.6 is 11.6 Å². The van der Waals surface area contributed by atoms with Crippen molar-refractivity contribution in [3.8, 4) is 0 Å². The quantitative estimate of drug-likeness (QED) is 0.913. The number of Topliss-reactive ketones (excluding diaryl/α,β-unsaturated/α-hetero) is 1. The van der Waals surface area contributed by atoms with E-state index in [1.165, 1.54) is 19.1 Å². The van der Waals surface area contributed by atoms with E-state index in [1.54, 1.807) is 0 Å². The van der Waals surface area contributed by atoms with Gasteiger partial charge in [-0.25, -0.2) is 13.2 Å². The highest BCUT2D eigenvalue weighted by atomic mass is 35.5. The van der Waals surface area contributed by atoms with Gasteiger partial charge in [0.15, 0.2) is 9.84 Å². The summed E-state index contributed by atoms with van der Waals surface area (Å²) >= 11 is 5.64. The van der Waals surface area contributed by atoms with Crippen LogP contribution in [0.4, 0.5) is 0 Å². The summed E-state index contributed by atoms with van der Waals surface area (Å²) in [7, 11) is -3.88. The fourth-order valence-electron chi connectivity index (χ4n) is 1.27. The van der Waals surface area contributed by atoms with Gasteiger partial charge in [-0.2, -0.15) is 0 Å². The molecule has 0 heterocycles. The second-order valence-corrected chi connectivity index (χ2v) is 6.42. The molecule has 1 atom stereocenters. The largest absolute Gasteiger partial charge is 0.478 e. The molecular weight excluding hydrogens is 280 g/mol. The molecule has 0 aliphatic heterocycles. The smallest absolute Gasteiger partial charge is 0.337 e. The predicted molar refractivity (Wildman–Crippen MR) is 65.7 cm³/mol. The topological polar surface area (TPSA) is 88.5 Å². The third-order valence-electron chi connectivity index (χ3n) is 2.53. The average Bonchev–Trinajstić information content (AvgIpc) is 2.27. The lowest BCUT2D eigenvalue weighted by molar-refractivity contribution is -0.116. The van der Waals surface area contributed by atoms with E-state index in [0.717, 1.165) is 13.0 Å². The Morgan fingerprint density at radius 2 is 1.89 bits per heavy atom. The van der Waals surface area contributed by atoms with E-state index in [2.05, 4.69) is 0 Å². The van der Waals surface area contributed by atoms with Crippen molar-refractivity contribution < 1.29 is 23.1 Å². The van der Waals surface area contributed by atoms with Gasteiger partial charge in [-0.1, -0.05) is 11.6 Å². The van der Waals surface area contributed by atoms with Crippen molar-refractivity contribution in [2.45, 2.75) is 24.0 Å². The van der Waals surface area contributed by atoms with E-state index in [1.807, 2.05) is 0 Å². The van der Waals surface area contributed by atoms with Gasteiger partial charge >= 0.3 is 5.97 Å². The molecule has 0 spiro atoms. The summed E-state index contributed by atoms with van der Waals surface area (Å²) in [5, 5.41) is 7.58. The molecule has 1 aromatic rings. The summed E-state index contributed by atoms with van der Waals surface area (Å²) in [6.07, 6.45) is 0. The number of sulfone groups is 1. The van der Waals surface area contributed by atoms with Crippen LogP contribution < -0.4 is 0 Å². The number of hydrogen-bond acceptors (Lipinski definition) is 4. The molecule has 1 aromatic carbocycles. The van der Waals surface area contributed by atoms with Crippen molar-refractivity contribution in [2.24, 2.45) is 0 Å². The van der Waals surface area contributed by atoms with Gasteiger partial charge in [0.05, 0.1) is 15.5 Å². The van der Waals surface area contributed by atoms with E-state index >= 15 is 0 Å². The van der Waals surface area contributed by atoms with E-state index in [0.29, 0.717) is 0 Å². The molecule has 7 heteroatoms. The van der Waals surface area contributed by atoms with Crippen LogP contribution in [-0.4, -0.2) is 30.5 Å². The minimum atomic E-state index is -3.88. The lowest BCUT2D eigenvalue weighted by Gasteiger charge is -2.10. The Morgan fingerprint density at radius 1 is 1.33 bits per heavy atom. The van der Waals surface area contributed by atoms with Crippen molar-refractivity contribution in [2.75, 3.05) is 0 Å². The Labute approximate surface area is 109 Å². The standard InChI is InChI=1S/C11H11ClO5S/c1-6(13)7(2)18(16,17)8-3-4-10(12)9(5-8)11(14)15/h3-5,7H,1-2H3,(H,14,15). The summed E-state index contributed by atoms with van der Waals surface area (Å²) in [6.45, 7) is 2.42. The fraction of sp³-hybridized carbons (Fsp3) is 0.273. The number of aromatic carboxylic acids is 1. The fourth-order valence-corrected chi connectivity index (χ4v) is 2.85. The number of carbonyl (C=O) groups is 2. The molecule has 5 nitrogen and oxygen atoms in total. The Balaban J connectivity index is 3.39. The van der Waals surface area contributed by atoms with Gasteiger partial charge in [-0.05, 0) is 32.0 Å². The van der Waals surface area contributed by atoms with Gasteiger partial charge in [-0.15, -0.1) is 0 Å². The first kappa shape index (κ1) is 14.7. The van der Waals surface area contributed by atoms with E-state index < -0.39 is 26.8 Å². The first-order valence-corrected chi connectivity index (χ1v) is 6.87. The van der Waals surface area contributed by atoms with Gasteiger partial charge in [0.2, 0.25) is 0 Å². The maximum atomic E-state index is 12.0. The van der Waals surface area contributed by atoms with Crippen LogP contribution in [0.5, 0.6) is 0 Å². The molecule has 0 aromatic heterocycles. The number of carbonyl (C=O) groups excluding carboxylic acids is 1. The average molecular weight is 291 g/mol. The highest BCUT2D eigenvalue weighted by Crippen LogP contribution is 2.23. The molecule has 0 bridgehead atoms. The lowest BCUT2D eigenvalue weighted by atomic mass is 10.2. The van der Waals surface area contributed by atoms with Crippen molar-refractivity contribution in [1.29, 1.82) is 0 Å². The summed E-state index contributed by atoms with van der Waals surface area (Å²) in [5.74, 6) is -1.84. The van der Waals surface area contributed by atoms with Gasteiger partial charge < -0.3 is 5.11 Å². The molecule has 0 fully saturated rings. The van der Waals surface area contributed by atoms with Crippen molar-refractivity contribution >= 4 is 33.2 Å². The minimum Gasteiger partial charge on any atom is -0.478 e. The first-order valence-electron chi connectivity index (χ1n) is 4.95. The first-order chi connectivity index (χ1) is 8.17. The molecule has 0 radical (unpaired) electrons. The number of halogens is 1. The molecule has 1 unspecified atom stereocenters. The van der Waals surface area contributed by atoms with Crippen LogP contribution in [0, 0.1) is 0 Å². The lowest BCUT2D eigenvalue weighted by Crippen LogP contribution is -2.25. The third-order valence-corrected chi connectivity index (χ3v) is 5.04. The second kappa shape index (κ2) is 5.07. The molecule has 18 heavy (non-hydrogen) atoms. The van der Waals surface area contributed by atoms with Gasteiger partial charge in [-0.3, -0.25) is 4.79 Å². The molecule has 1 rings (SSSR count). The monoisotopic (exact) mass is 290 g/mol. The number of hydrogen-bond donors (Lipinski definition) is 1. The molecule has 0 saturated carbocycles. The number of carboxylic acids is 1. The van der Waals surface area contributed by atoms with Crippen LogP contribution in [0.2, 0.25) is 5.02 Å². The van der Waals surface area contributed by atoms with Crippen molar-refractivity contribution in [3.63, 3.8) is 0 Å². The molecule has 0 saturated heterocycles. The van der Waals surface area contributed by atoms with Crippen LogP contribution in [0.25, 0.3) is 0 Å². The van der Waals surface area contributed by atoms with Crippen molar-refractivity contribution in [1.82, 2.24) is 0 Å². The molecule has 0 aliphatic carbocycles. The van der Waals surface area contributed by atoms with Crippen LogP contribution in [0.3, 0.4) is 0 Å². The van der Waals surface area contributed by atoms with Gasteiger partial charge in [0.1, 0.15) is 11.0 Å². The molecule has 0 aliphatic rings. The molecular formula is C11H11ClO5S. The normalized spacial score (nSPS) is 13.1. The summed E-state index contributed by atoms with van der Waals surface area (Å²) in [6, 6.07) is 3.33. The van der Waals surface area contributed by atoms with E-state index in [4.69, 9.17) is 16.7 Å². The molecule has 0 amide bonds. The predicted octanol–water partition coefficient (Wildman–Crippen LogP) is 1.79. The van der Waals surface area contributed by atoms with Crippen molar-refractivity contribution in [3.05, 3.63) is 28.8 Å². The minimum absolute atomic E-state index is 0.0584. The second-order valence-electron chi connectivity index (χ2n) is 3.74. The summed E-state index contributed by atoms with van der Waals surface area (Å²) < 4.78 is 24.0. The number of benzene rings is 1.